The van der Waals surface area contributed by atoms with Gasteiger partial charge in [-0.15, -0.1) is 0 Å². The predicted molar refractivity (Wildman–Crippen MR) is 123 cm³/mol. The maximum absolute atomic E-state index is 11.9. The number of para-hydroxylation sites is 1. The van der Waals surface area contributed by atoms with E-state index in [1.807, 2.05) is 30.3 Å². The van der Waals surface area contributed by atoms with Crippen LogP contribution in [0.3, 0.4) is 0 Å². The first-order valence-electron chi connectivity index (χ1n) is 9.45. The third-order valence-electron chi connectivity index (χ3n) is 4.02. The summed E-state index contributed by atoms with van der Waals surface area (Å²) in [4.78, 5) is 35.6. The van der Waals surface area contributed by atoms with Crippen molar-refractivity contribution in [2.75, 3.05) is 5.32 Å². The molecule has 8 heteroatoms. The minimum Gasteiger partial charge on any atom is -0.423 e. The van der Waals surface area contributed by atoms with Gasteiger partial charge in [0.15, 0.2) is 0 Å². The third kappa shape index (κ3) is 6.93. The first kappa shape index (κ1) is 22.5. The molecule has 0 aliphatic rings. The number of ether oxygens (including phenoxy) is 1. The van der Waals surface area contributed by atoms with E-state index in [4.69, 9.17) is 16.3 Å². The maximum Gasteiger partial charge on any atom is 0.336 e. The number of hydrazone groups is 1. The number of carbonyl (C=O) groups excluding carboxylic acids is 3. The van der Waals surface area contributed by atoms with Gasteiger partial charge in [0.1, 0.15) is 5.75 Å². The van der Waals surface area contributed by atoms with Gasteiger partial charge in [-0.1, -0.05) is 54.1 Å². The van der Waals surface area contributed by atoms with Gasteiger partial charge in [-0.25, -0.2) is 10.2 Å². The second-order valence-corrected chi connectivity index (χ2v) is 6.77. The van der Waals surface area contributed by atoms with Gasteiger partial charge in [0.2, 0.25) is 0 Å². The minimum atomic E-state index is -0.947. The molecule has 0 fully saturated rings. The zero-order valence-corrected chi connectivity index (χ0v) is 17.5. The topological polar surface area (TPSA) is 96.9 Å². The molecular formula is C24H18ClN3O4. The van der Waals surface area contributed by atoms with Crippen molar-refractivity contribution in [2.45, 2.75) is 0 Å². The van der Waals surface area contributed by atoms with E-state index in [2.05, 4.69) is 15.8 Å². The first-order chi connectivity index (χ1) is 15.5. The normalized spacial score (nSPS) is 10.8. The van der Waals surface area contributed by atoms with Crippen LogP contribution in [0, 0.1) is 0 Å². The molecule has 3 aromatic carbocycles. The SMILES string of the molecule is O=C(/C=C/c1ccccc1)Oc1ccc(/C=N/NC(=O)C(=O)Nc2ccccc2Cl)cc1. The minimum absolute atomic E-state index is 0.313. The molecule has 0 radical (unpaired) electrons. The van der Waals surface area contributed by atoms with Crippen molar-refractivity contribution in [1.82, 2.24) is 5.43 Å². The van der Waals surface area contributed by atoms with Crippen LogP contribution in [0.1, 0.15) is 11.1 Å². The Morgan fingerprint density at radius 2 is 1.50 bits per heavy atom. The zero-order valence-electron chi connectivity index (χ0n) is 16.7. The van der Waals surface area contributed by atoms with Crippen molar-refractivity contribution in [2.24, 2.45) is 5.10 Å². The smallest absolute Gasteiger partial charge is 0.336 e. The van der Waals surface area contributed by atoms with Crippen LogP contribution in [0.15, 0.2) is 90.0 Å². The van der Waals surface area contributed by atoms with Crippen molar-refractivity contribution in [3.05, 3.63) is 101 Å². The van der Waals surface area contributed by atoms with Gasteiger partial charge < -0.3 is 10.1 Å². The number of amides is 2. The van der Waals surface area contributed by atoms with Crippen molar-refractivity contribution >= 4 is 47.4 Å². The van der Waals surface area contributed by atoms with Gasteiger partial charge in [0.05, 0.1) is 16.9 Å². The lowest BCUT2D eigenvalue weighted by atomic mass is 10.2. The Kier molecular flexibility index (Phi) is 7.89. The largest absolute Gasteiger partial charge is 0.423 e. The second-order valence-electron chi connectivity index (χ2n) is 6.37. The molecule has 160 valence electrons. The van der Waals surface area contributed by atoms with Gasteiger partial charge in [0, 0.05) is 6.08 Å². The van der Waals surface area contributed by atoms with Crippen LogP contribution in [-0.4, -0.2) is 24.0 Å². The molecule has 7 nitrogen and oxygen atoms in total. The standard InChI is InChI=1S/C24H18ClN3O4/c25-20-8-4-5-9-21(20)27-23(30)24(31)28-26-16-18-10-13-19(14-11-18)32-22(29)15-12-17-6-2-1-3-7-17/h1-16H,(H,27,30)(H,28,31)/b15-12+,26-16+. The molecular weight excluding hydrogens is 430 g/mol. The number of hydrogen-bond acceptors (Lipinski definition) is 5. The van der Waals surface area contributed by atoms with Crippen molar-refractivity contribution in [3.8, 4) is 5.75 Å². The molecule has 32 heavy (non-hydrogen) atoms. The van der Waals surface area contributed by atoms with E-state index in [0.29, 0.717) is 22.0 Å². The fourth-order valence-corrected chi connectivity index (χ4v) is 2.64. The summed E-state index contributed by atoms with van der Waals surface area (Å²) in [5.74, 6) is -2.00. The number of hydrogen-bond donors (Lipinski definition) is 2. The van der Waals surface area contributed by atoms with E-state index >= 15 is 0 Å². The molecule has 0 aliphatic heterocycles. The summed E-state index contributed by atoms with van der Waals surface area (Å²) < 4.78 is 5.23. The molecule has 3 rings (SSSR count). The van der Waals surface area contributed by atoms with Gasteiger partial charge in [-0.05, 0) is 53.6 Å². The Balaban J connectivity index is 1.48. The van der Waals surface area contributed by atoms with E-state index in [-0.39, 0.29) is 0 Å². The predicted octanol–water partition coefficient (Wildman–Crippen LogP) is 4.05. The second kappa shape index (κ2) is 11.2. The van der Waals surface area contributed by atoms with Crippen molar-refractivity contribution < 1.29 is 19.1 Å². The Hall–Kier alpha value is -4.23. The Morgan fingerprint density at radius 3 is 2.22 bits per heavy atom. The summed E-state index contributed by atoms with van der Waals surface area (Å²) >= 11 is 5.94. The molecule has 0 aromatic heterocycles. The van der Waals surface area contributed by atoms with Crippen LogP contribution in [0.4, 0.5) is 5.69 Å². The van der Waals surface area contributed by atoms with Crippen molar-refractivity contribution in [1.29, 1.82) is 0 Å². The third-order valence-corrected chi connectivity index (χ3v) is 4.35. The Bertz CT molecular complexity index is 1160. The fraction of sp³-hybridized carbons (Fsp3) is 0. The molecule has 0 spiro atoms. The monoisotopic (exact) mass is 447 g/mol. The number of carbonyl (C=O) groups is 3. The number of rotatable bonds is 6. The summed E-state index contributed by atoms with van der Waals surface area (Å²) in [6.45, 7) is 0. The molecule has 0 saturated heterocycles. The number of esters is 1. The lowest BCUT2D eigenvalue weighted by Gasteiger charge is -2.05. The number of nitrogens with one attached hydrogen (secondary N) is 2. The number of benzene rings is 3. The van der Waals surface area contributed by atoms with Gasteiger partial charge >= 0.3 is 17.8 Å². The molecule has 0 heterocycles. The summed E-state index contributed by atoms with van der Waals surface area (Å²) in [6, 6.07) is 22.4. The van der Waals surface area contributed by atoms with Crippen LogP contribution >= 0.6 is 11.6 Å². The average Bonchev–Trinajstić information content (AvgIpc) is 2.81. The number of nitrogens with zero attached hydrogens (tertiary/aromatic N) is 1. The molecule has 0 unspecified atom stereocenters. The summed E-state index contributed by atoms with van der Waals surface area (Å²) in [5, 5.41) is 6.45. The fourth-order valence-electron chi connectivity index (χ4n) is 2.46. The molecule has 0 aliphatic carbocycles. The van der Waals surface area contributed by atoms with Gasteiger partial charge in [-0.3, -0.25) is 9.59 Å². The Morgan fingerprint density at radius 1 is 0.812 bits per heavy atom. The van der Waals surface area contributed by atoms with Crippen LogP contribution in [0.25, 0.3) is 6.08 Å². The highest BCUT2D eigenvalue weighted by molar-refractivity contribution is 6.41. The average molecular weight is 448 g/mol. The highest BCUT2D eigenvalue weighted by Crippen LogP contribution is 2.20. The Labute approximate surface area is 189 Å². The van der Waals surface area contributed by atoms with E-state index in [1.54, 1.807) is 54.6 Å². The van der Waals surface area contributed by atoms with Crippen LogP contribution < -0.4 is 15.5 Å². The van der Waals surface area contributed by atoms with Crippen molar-refractivity contribution in [3.63, 3.8) is 0 Å². The van der Waals surface area contributed by atoms with E-state index in [1.165, 1.54) is 12.3 Å². The molecule has 0 bridgehead atoms. The van der Waals surface area contributed by atoms with E-state index in [0.717, 1.165) is 5.56 Å². The maximum atomic E-state index is 11.9. The summed E-state index contributed by atoms with van der Waals surface area (Å²) in [7, 11) is 0. The van der Waals surface area contributed by atoms with E-state index < -0.39 is 17.8 Å². The summed E-state index contributed by atoms with van der Waals surface area (Å²) in [6.07, 6.45) is 4.35. The first-order valence-corrected chi connectivity index (χ1v) is 9.83. The molecule has 0 atom stereocenters. The van der Waals surface area contributed by atoms with Gasteiger partial charge in [0.25, 0.3) is 0 Å². The molecule has 3 aromatic rings. The highest BCUT2D eigenvalue weighted by Gasteiger charge is 2.14. The lowest BCUT2D eigenvalue weighted by Crippen LogP contribution is -2.32. The summed E-state index contributed by atoms with van der Waals surface area (Å²) in [5.41, 5.74) is 3.96. The lowest BCUT2D eigenvalue weighted by molar-refractivity contribution is -0.136. The van der Waals surface area contributed by atoms with Crippen LogP contribution in [0.2, 0.25) is 5.02 Å². The molecule has 0 saturated carbocycles. The quantitative estimate of drug-likeness (QED) is 0.149. The number of halogens is 1. The molecule has 2 N–H and O–H groups in total. The highest BCUT2D eigenvalue weighted by atomic mass is 35.5. The van der Waals surface area contributed by atoms with Gasteiger partial charge in [-0.2, -0.15) is 5.10 Å². The van der Waals surface area contributed by atoms with Crippen LogP contribution in [0.5, 0.6) is 5.75 Å². The zero-order chi connectivity index (χ0) is 22.8. The number of anilines is 1. The van der Waals surface area contributed by atoms with Crippen LogP contribution in [-0.2, 0) is 14.4 Å². The molecule has 2 amide bonds. The van der Waals surface area contributed by atoms with E-state index in [9.17, 15) is 14.4 Å².